The Bertz CT molecular complexity index is 641. The standard InChI is InChI=1S/C15H17N3O2S/c1-10-17-11(9-21-10)8-16-15(19)18-13-6-7-20-14-5-3-2-4-12(13)14/h2-5,9,13H,6-8H2,1H3,(H2,16,18,19)/t13-/m0/s1. The molecule has 0 aliphatic carbocycles. The highest BCUT2D eigenvalue weighted by Gasteiger charge is 2.22. The number of benzene rings is 1. The molecular weight excluding hydrogens is 286 g/mol. The van der Waals surface area contributed by atoms with Crippen LogP contribution in [0.25, 0.3) is 0 Å². The maximum atomic E-state index is 12.0. The molecule has 1 aromatic carbocycles. The molecule has 0 saturated heterocycles. The van der Waals surface area contributed by atoms with Crippen molar-refractivity contribution in [2.24, 2.45) is 0 Å². The van der Waals surface area contributed by atoms with Gasteiger partial charge in [-0.3, -0.25) is 0 Å². The van der Waals surface area contributed by atoms with Crippen molar-refractivity contribution in [2.75, 3.05) is 6.61 Å². The summed E-state index contributed by atoms with van der Waals surface area (Å²) in [6, 6.07) is 7.63. The molecule has 1 aliphatic rings. The number of ether oxygens (including phenoxy) is 1. The number of rotatable bonds is 3. The van der Waals surface area contributed by atoms with Gasteiger partial charge < -0.3 is 15.4 Å². The number of nitrogens with one attached hydrogen (secondary N) is 2. The van der Waals surface area contributed by atoms with Gasteiger partial charge in [0, 0.05) is 17.4 Å². The average Bonchev–Trinajstić information content (AvgIpc) is 2.91. The number of carbonyl (C=O) groups excluding carboxylic acids is 1. The zero-order valence-electron chi connectivity index (χ0n) is 11.8. The predicted octanol–water partition coefficient (Wildman–Crippen LogP) is 2.77. The summed E-state index contributed by atoms with van der Waals surface area (Å²) in [5.41, 5.74) is 1.92. The second kappa shape index (κ2) is 6.13. The summed E-state index contributed by atoms with van der Waals surface area (Å²) in [5.74, 6) is 0.851. The summed E-state index contributed by atoms with van der Waals surface area (Å²) in [6.07, 6.45) is 0.778. The van der Waals surface area contributed by atoms with E-state index in [4.69, 9.17) is 4.74 Å². The van der Waals surface area contributed by atoms with Gasteiger partial charge in [0.15, 0.2) is 0 Å². The number of para-hydroxylation sites is 1. The van der Waals surface area contributed by atoms with Crippen LogP contribution in [0.15, 0.2) is 29.6 Å². The Labute approximate surface area is 127 Å². The molecule has 0 saturated carbocycles. The predicted molar refractivity (Wildman–Crippen MR) is 81.5 cm³/mol. The molecule has 5 nitrogen and oxygen atoms in total. The number of hydrogen-bond acceptors (Lipinski definition) is 4. The van der Waals surface area contributed by atoms with Gasteiger partial charge in [-0.05, 0) is 13.0 Å². The van der Waals surface area contributed by atoms with Crippen LogP contribution in [0.5, 0.6) is 5.75 Å². The first kappa shape index (κ1) is 13.9. The summed E-state index contributed by atoms with van der Waals surface area (Å²) in [6.45, 7) is 3.02. The van der Waals surface area contributed by atoms with Gasteiger partial charge in [-0.1, -0.05) is 18.2 Å². The minimum absolute atomic E-state index is 0.00730. The molecule has 3 rings (SSSR count). The molecule has 0 spiro atoms. The Morgan fingerprint density at radius 3 is 3.14 bits per heavy atom. The Morgan fingerprint density at radius 2 is 2.33 bits per heavy atom. The van der Waals surface area contributed by atoms with Crippen LogP contribution in [0.1, 0.15) is 28.7 Å². The fourth-order valence-electron chi connectivity index (χ4n) is 2.36. The summed E-state index contributed by atoms with van der Waals surface area (Å²) >= 11 is 1.58. The minimum atomic E-state index is -0.178. The summed E-state index contributed by atoms with van der Waals surface area (Å²) < 4.78 is 5.59. The molecule has 0 fully saturated rings. The lowest BCUT2D eigenvalue weighted by Gasteiger charge is -2.26. The molecule has 2 amide bonds. The number of hydrogen-bond donors (Lipinski definition) is 2. The van der Waals surface area contributed by atoms with Gasteiger partial charge in [0.2, 0.25) is 0 Å². The van der Waals surface area contributed by atoms with Crippen LogP contribution < -0.4 is 15.4 Å². The largest absolute Gasteiger partial charge is 0.493 e. The third-order valence-corrected chi connectivity index (χ3v) is 4.18. The van der Waals surface area contributed by atoms with E-state index in [9.17, 15) is 4.79 Å². The average molecular weight is 303 g/mol. The number of urea groups is 1. The molecule has 1 atom stereocenters. The molecule has 0 unspecified atom stereocenters. The van der Waals surface area contributed by atoms with Gasteiger partial charge in [-0.25, -0.2) is 9.78 Å². The molecule has 1 aliphatic heterocycles. The SMILES string of the molecule is Cc1nc(CNC(=O)N[C@H]2CCOc3ccccc32)cs1. The van der Waals surface area contributed by atoms with Crippen molar-refractivity contribution in [1.82, 2.24) is 15.6 Å². The van der Waals surface area contributed by atoms with Crippen LogP contribution in [0.2, 0.25) is 0 Å². The van der Waals surface area contributed by atoms with Crippen molar-refractivity contribution in [2.45, 2.75) is 25.9 Å². The quantitative estimate of drug-likeness (QED) is 0.916. The van der Waals surface area contributed by atoms with E-state index in [-0.39, 0.29) is 12.1 Å². The smallest absolute Gasteiger partial charge is 0.315 e. The number of amides is 2. The molecule has 110 valence electrons. The fraction of sp³-hybridized carbons (Fsp3) is 0.333. The Morgan fingerprint density at radius 1 is 1.48 bits per heavy atom. The van der Waals surface area contributed by atoms with Crippen molar-refractivity contribution in [3.8, 4) is 5.75 Å². The molecule has 0 radical (unpaired) electrons. The van der Waals surface area contributed by atoms with Gasteiger partial charge in [0.1, 0.15) is 5.75 Å². The van der Waals surface area contributed by atoms with E-state index in [0.29, 0.717) is 13.2 Å². The van der Waals surface area contributed by atoms with E-state index in [1.165, 1.54) is 0 Å². The van der Waals surface area contributed by atoms with Crippen molar-refractivity contribution >= 4 is 17.4 Å². The molecule has 0 bridgehead atoms. The number of aryl methyl sites for hydroxylation is 1. The van der Waals surface area contributed by atoms with Crippen LogP contribution in [-0.2, 0) is 6.54 Å². The number of fused-ring (bicyclic) bond motifs is 1. The first-order valence-electron chi connectivity index (χ1n) is 6.89. The van der Waals surface area contributed by atoms with Crippen LogP contribution >= 0.6 is 11.3 Å². The minimum Gasteiger partial charge on any atom is -0.493 e. The van der Waals surface area contributed by atoms with E-state index in [1.807, 2.05) is 36.6 Å². The zero-order valence-corrected chi connectivity index (χ0v) is 12.6. The number of aromatic nitrogens is 1. The Hall–Kier alpha value is -2.08. The second-order valence-electron chi connectivity index (χ2n) is 4.91. The van der Waals surface area contributed by atoms with Crippen molar-refractivity contribution in [3.63, 3.8) is 0 Å². The van der Waals surface area contributed by atoms with Crippen LogP contribution in [-0.4, -0.2) is 17.6 Å². The third kappa shape index (κ3) is 3.33. The Balaban J connectivity index is 1.58. The van der Waals surface area contributed by atoms with E-state index in [2.05, 4.69) is 15.6 Å². The molecular formula is C15H17N3O2S. The molecule has 6 heteroatoms. The number of nitrogens with zero attached hydrogens (tertiary/aromatic N) is 1. The number of thiazole rings is 1. The summed E-state index contributed by atoms with van der Waals surface area (Å²) in [5, 5.41) is 8.80. The first-order valence-corrected chi connectivity index (χ1v) is 7.77. The van der Waals surface area contributed by atoms with Crippen LogP contribution in [0, 0.1) is 6.92 Å². The monoisotopic (exact) mass is 303 g/mol. The highest BCUT2D eigenvalue weighted by molar-refractivity contribution is 7.09. The van der Waals surface area contributed by atoms with Crippen molar-refractivity contribution in [1.29, 1.82) is 0 Å². The topological polar surface area (TPSA) is 63.2 Å². The van der Waals surface area contributed by atoms with Crippen LogP contribution in [0.3, 0.4) is 0 Å². The summed E-state index contributed by atoms with van der Waals surface area (Å²) in [7, 11) is 0. The molecule has 2 heterocycles. The molecule has 2 N–H and O–H groups in total. The van der Waals surface area contributed by atoms with Gasteiger partial charge in [-0.2, -0.15) is 0 Å². The fourth-order valence-corrected chi connectivity index (χ4v) is 2.97. The molecule has 1 aromatic heterocycles. The maximum absolute atomic E-state index is 12.0. The second-order valence-corrected chi connectivity index (χ2v) is 5.97. The van der Waals surface area contributed by atoms with Crippen molar-refractivity contribution in [3.05, 3.63) is 45.9 Å². The lowest BCUT2D eigenvalue weighted by atomic mass is 10.0. The molecule has 21 heavy (non-hydrogen) atoms. The molecule has 2 aromatic rings. The van der Waals surface area contributed by atoms with E-state index in [1.54, 1.807) is 11.3 Å². The van der Waals surface area contributed by atoms with Gasteiger partial charge in [0.25, 0.3) is 0 Å². The first-order chi connectivity index (χ1) is 10.2. The lowest BCUT2D eigenvalue weighted by Crippen LogP contribution is -2.39. The van der Waals surface area contributed by atoms with E-state index >= 15 is 0 Å². The zero-order chi connectivity index (χ0) is 14.7. The van der Waals surface area contributed by atoms with Crippen LogP contribution in [0.4, 0.5) is 4.79 Å². The number of carbonyl (C=O) groups is 1. The third-order valence-electron chi connectivity index (χ3n) is 3.36. The van der Waals surface area contributed by atoms with Crippen molar-refractivity contribution < 1.29 is 9.53 Å². The maximum Gasteiger partial charge on any atom is 0.315 e. The van der Waals surface area contributed by atoms with Gasteiger partial charge in [0.05, 0.1) is 29.9 Å². The highest BCUT2D eigenvalue weighted by Crippen LogP contribution is 2.31. The summed E-state index contributed by atoms with van der Waals surface area (Å²) in [4.78, 5) is 16.3. The Kier molecular flexibility index (Phi) is 4.06. The van der Waals surface area contributed by atoms with Gasteiger partial charge in [-0.15, -0.1) is 11.3 Å². The lowest BCUT2D eigenvalue weighted by molar-refractivity contribution is 0.223. The van der Waals surface area contributed by atoms with Gasteiger partial charge >= 0.3 is 6.03 Å². The highest BCUT2D eigenvalue weighted by atomic mass is 32.1. The normalized spacial score (nSPS) is 16.7. The van der Waals surface area contributed by atoms with E-state index in [0.717, 1.165) is 28.4 Å². The van der Waals surface area contributed by atoms with E-state index < -0.39 is 0 Å².